The lowest BCUT2D eigenvalue weighted by Gasteiger charge is -2.33. The van der Waals surface area contributed by atoms with Crippen LogP contribution in [0, 0.1) is 0 Å². The second-order valence-corrected chi connectivity index (χ2v) is 6.46. The summed E-state index contributed by atoms with van der Waals surface area (Å²) in [5.41, 5.74) is 2.19. The number of ether oxygens (including phenoxy) is 1. The molecule has 0 aliphatic carbocycles. The van der Waals surface area contributed by atoms with Crippen molar-refractivity contribution in [3.8, 4) is 0 Å². The maximum Gasteiger partial charge on any atom is 0.129 e. The third-order valence-corrected chi connectivity index (χ3v) is 4.62. The van der Waals surface area contributed by atoms with Gasteiger partial charge in [-0.15, -0.1) is 0 Å². The number of rotatable bonds is 3. The van der Waals surface area contributed by atoms with Gasteiger partial charge in [0.25, 0.3) is 0 Å². The van der Waals surface area contributed by atoms with E-state index in [4.69, 9.17) is 39.5 Å². The van der Waals surface area contributed by atoms with Gasteiger partial charge in [0.05, 0.1) is 22.8 Å². The second-order valence-electron chi connectivity index (χ2n) is 5.26. The summed E-state index contributed by atoms with van der Waals surface area (Å²) in [6, 6.07) is 9.46. The fraction of sp³-hybridized carbons (Fsp3) is 0.312. The number of hydrogen-bond acceptors (Lipinski definition) is 3. The Morgan fingerprint density at radius 2 is 2.00 bits per heavy atom. The van der Waals surface area contributed by atoms with E-state index in [1.165, 1.54) is 0 Å². The summed E-state index contributed by atoms with van der Waals surface area (Å²) in [7, 11) is 0. The van der Waals surface area contributed by atoms with Crippen LogP contribution in [0.1, 0.15) is 17.2 Å². The van der Waals surface area contributed by atoms with Crippen molar-refractivity contribution in [2.75, 3.05) is 19.7 Å². The number of halogens is 3. The fourth-order valence-corrected chi connectivity index (χ4v) is 2.94. The van der Waals surface area contributed by atoms with Gasteiger partial charge in [0.1, 0.15) is 5.15 Å². The van der Waals surface area contributed by atoms with Crippen LogP contribution >= 0.6 is 34.8 Å². The van der Waals surface area contributed by atoms with E-state index in [0.29, 0.717) is 21.8 Å². The highest BCUT2D eigenvalue weighted by atomic mass is 35.5. The van der Waals surface area contributed by atoms with Crippen molar-refractivity contribution >= 4 is 34.8 Å². The van der Waals surface area contributed by atoms with E-state index in [-0.39, 0.29) is 6.10 Å². The second kappa shape index (κ2) is 7.16. The lowest BCUT2D eigenvalue weighted by Crippen LogP contribution is -2.37. The standard InChI is InChI=1S/C16H15Cl3N2O/c17-13-3-2-12(7-14(13)18)15-10-21(5-6-22-15)9-11-1-4-16(19)20-8-11/h1-4,7-8,15H,5-6,9-10H2/t15-/m0/s1. The minimum absolute atomic E-state index is 0.00350. The Balaban J connectivity index is 1.68. The quantitative estimate of drug-likeness (QED) is 0.750. The van der Waals surface area contributed by atoms with Crippen LogP contribution in [-0.4, -0.2) is 29.6 Å². The molecule has 0 bridgehead atoms. The van der Waals surface area contributed by atoms with Crippen molar-refractivity contribution in [3.05, 3.63) is 62.9 Å². The lowest BCUT2D eigenvalue weighted by atomic mass is 10.1. The van der Waals surface area contributed by atoms with Gasteiger partial charge in [-0.25, -0.2) is 4.98 Å². The first-order valence-corrected chi connectivity index (χ1v) is 8.14. The van der Waals surface area contributed by atoms with Crippen LogP contribution in [0.3, 0.4) is 0 Å². The SMILES string of the molecule is Clc1ccc(CN2CCO[C@H](c3ccc(Cl)c(Cl)c3)C2)cn1. The number of morpholine rings is 1. The van der Waals surface area contributed by atoms with Gasteiger partial charge in [0.15, 0.2) is 0 Å². The van der Waals surface area contributed by atoms with E-state index in [2.05, 4.69) is 9.88 Å². The molecule has 22 heavy (non-hydrogen) atoms. The number of hydrogen-bond donors (Lipinski definition) is 0. The molecule has 1 fully saturated rings. The van der Waals surface area contributed by atoms with Crippen molar-refractivity contribution in [1.82, 2.24) is 9.88 Å². The van der Waals surface area contributed by atoms with Crippen LogP contribution in [0.15, 0.2) is 36.5 Å². The molecule has 0 radical (unpaired) electrons. The Hall–Kier alpha value is -0.840. The Kier molecular flexibility index (Phi) is 5.21. The molecule has 1 aromatic heterocycles. The molecule has 1 aliphatic heterocycles. The Bertz CT molecular complexity index is 648. The molecule has 1 aliphatic rings. The molecule has 0 unspecified atom stereocenters. The molecule has 0 N–H and O–H groups in total. The van der Waals surface area contributed by atoms with Crippen LogP contribution in [0.2, 0.25) is 15.2 Å². The Morgan fingerprint density at radius 3 is 2.73 bits per heavy atom. The maximum absolute atomic E-state index is 6.09. The van der Waals surface area contributed by atoms with Crippen molar-refractivity contribution in [1.29, 1.82) is 0 Å². The Labute approximate surface area is 144 Å². The van der Waals surface area contributed by atoms with E-state index >= 15 is 0 Å². The molecule has 6 heteroatoms. The molecule has 0 spiro atoms. The van der Waals surface area contributed by atoms with Gasteiger partial charge >= 0.3 is 0 Å². The molecule has 0 amide bonds. The van der Waals surface area contributed by atoms with E-state index in [9.17, 15) is 0 Å². The number of nitrogens with zero attached hydrogens (tertiary/aromatic N) is 2. The largest absolute Gasteiger partial charge is 0.371 e. The zero-order valence-electron chi connectivity index (χ0n) is 11.8. The number of pyridine rings is 1. The van der Waals surface area contributed by atoms with Crippen LogP contribution in [0.4, 0.5) is 0 Å². The summed E-state index contributed by atoms with van der Waals surface area (Å²) in [6.45, 7) is 3.21. The minimum atomic E-state index is 0.00350. The van der Waals surface area contributed by atoms with Gasteiger partial charge in [0.2, 0.25) is 0 Å². The molecule has 3 nitrogen and oxygen atoms in total. The van der Waals surface area contributed by atoms with Crippen LogP contribution in [0.5, 0.6) is 0 Å². The lowest BCUT2D eigenvalue weighted by molar-refractivity contribution is -0.0329. The topological polar surface area (TPSA) is 25.4 Å². The highest BCUT2D eigenvalue weighted by Gasteiger charge is 2.22. The zero-order valence-corrected chi connectivity index (χ0v) is 14.1. The normalized spacial score (nSPS) is 19.3. The third-order valence-electron chi connectivity index (χ3n) is 3.66. The van der Waals surface area contributed by atoms with Crippen molar-refractivity contribution in [2.45, 2.75) is 12.6 Å². The highest BCUT2D eigenvalue weighted by molar-refractivity contribution is 6.42. The van der Waals surface area contributed by atoms with E-state index in [0.717, 1.165) is 30.8 Å². The van der Waals surface area contributed by atoms with Gasteiger partial charge in [-0.2, -0.15) is 0 Å². The molecule has 1 atom stereocenters. The van der Waals surface area contributed by atoms with Crippen LogP contribution in [-0.2, 0) is 11.3 Å². The fourth-order valence-electron chi connectivity index (χ4n) is 2.52. The summed E-state index contributed by atoms with van der Waals surface area (Å²) >= 11 is 17.9. The summed E-state index contributed by atoms with van der Waals surface area (Å²) in [6.07, 6.45) is 1.81. The van der Waals surface area contributed by atoms with E-state index < -0.39 is 0 Å². The molecule has 1 saturated heterocycles. The first-order valence-electron chi connectivity index (χ1n) is 7.01. The number of benzene rings is 1. The summed E-state index contributed by atoms with van der Waals surface area (Å²) < 4.78 is 5.87. The number of aromatic nitrogens is 1. The average Bonchev–Trinajstić information content (AvgIpc) is 2.53. The highest BCUT2D eigenvalue weighted by Crippen LogP contribution is 2.29. The molecular weight excluding hydrogens is 343 g/mol. The van der Waals surface area contributed by atoms with Crippen molar-refractivity contribution in [3.63, 3.8) is 0 Å². The summed E-state index contributed by atoms with van der Waals surface area (Å²) in [5, 5.41) is 1.63. The molecule has 2 heterocycles. The van der Waals surface area contributed by atoms with E-state index in [1.807, 2.05) is 36.5 Å². The first kappa shape index (κ1) is 16.0. The smallest absolute Gasteiger partial charge is 0.129 e. The monoisotopic (exact) mass is 356 g/mol. The van der Waals surface area contributed by atoms with E-state index in [1.54, 1.807) is 0 Å². The minimum Gasteiger partial charge on any atom is -0.371 e. The van der Waals surface area contributed by atoms with Gasteiger partial charge in [0, 0.05) is 25.8 Å². The van der Waals surface area contributed by atoms with Crippen LogP contribution in [0.25, 0.3) is 0 Å². The Morgan fingerprint density at radius 1 is 1.14 bits per heavy atom. The van der Waals surface area contributed by atoms with Crippen molar-refractivity contribution in [2.24, 2.45) is 0 Å². The van der Waals surface area contributed by atoms with Gasteiger partial charge in [-0.1, -0.05) is 46.9 Å². The van der Waals surface area contributed by atoms with Crippen LogP contribution < -0.4 is 0 Å². The zero-order chi connectivity index (χ0) is 15.5. The molecular formula is C16H15Cl3N2O. The molecule has 3 rings (SSSR count). The van der Waals surface area contributed by atoms with Gasteiger partial charge < -0.3 is 4.74 Å². The van der Waals surface area contributed by atoms with Gasteiger partial charge in [-0.3, -0.25) is 4.90 Å². The molecule has 1 aromatic carbocycles. The molecule has 0 saturated carbocycles. The van der Waals surface area contributed by atoms with Gasteiger partial charge in [-0.05, 0) is 29.3 Å². The summed E-state index contributed by atoms with van der Waals surface area (Å²) in [4.78, 5) is 6.45. The third kappa shape index (κ3) is 3.92. The maximum atomic E-state index is 6.09. The molecule has 116 valence electrons. The summed E-state index contributed by atoms with van der Waals surface area (Å²) in [5.74, 6) is 0. The molecule has 2 aromatic rings. The predicted molar refractivity (Wildman–Crippen MR) is 89.7 cm³/mol. The first-order chi connectivity index (χ1) is 10.6. The average molecular weight is 358 g/mol. The van der Waals surface area contributed by atoms with Crippen molar-refractivity contribution < 1.29 is 4.74 Å². The predicted octanol–water partition coefficient (Wildman–Crippen LogP) is 4.62.